The number of likely N-dealkylation sites (tertiary alicyclic amines) is 1. The summed E-state index contributed by atoms with van der Waals surface area (Å²) in [6.07, 6.45) is 8.39. The van der Waals surface area contributed by atoms with E-state index in [9.17, 15) is 9.18 Å². The number of fused-ring (bicyclic) bond motifs is 1. The van der Waals surface area contributed by atoms with Gasteiger partial charge in [0, 0.05) is 19.3 Å². The molecule has 2 unspecified atom stereocenters. The van der Waals surface area contributed by atoms with Crippen molar-refractivity contribution in [1.82, 2.24) is 25.9 Å². The van der Waals surface area contributed by atoms with Crippen molar-refractivity contribution in [3.63, 3.8) is 0 Å². The Labute approximate surface area is 176 Å². The average Bonchev–Trinajstić information content (AvgIpc) is 3.40. The largest absolute Gasteiger partial charge is 0.365 e. The van der Waals surface area contributed by atoms with Crippen LogP contribution in [0.25, 0.3) is 0 Å². The molecule has 8 heteroatoms. The predicted molar refractivity (Wildman–Crippen MR) is 115 cm³/mol. The molecule has 3 aliphatic rings. The van der Waals surface area contributed by atoms with Crippen molar-refractivity contribution in [2.75, 3.05) is 26.2 Å². The van der Waals surface area contributed by atoms with Crippen LogP contribution in [0.1, 0.15) is 37.8 Å². The molecular weight excluding hydrogens is 383 g/mol. The van der Waals surface area contributed by atoms with Gasteiger partial charge in [0.05, 0.1) is 6.04 Å². The molecule has 0 saturated carbocycles. The Kier molecular flexibility index (Phi) is 6.32. The molecule has 30 heavy (non-hydrogen) atoms. The predicted octanol–water partition coefficient (Wildman–Crippen LogP) is 2.03. The molecule has 3 aliphatic heterocycles. The highest BCUT2D eigenvalue weighted by Gasteiger charge is 2.34. The Hall–Kier alpha value is -2.87. The molecule has 7 nitrogen and oxygen atoms in total. The maximum atomic E-state index is 13.7. The lowest BCUT2D eigenvalue weighted by Crippen LogP contribution is -2.42. The number of carbonyl (C=O) groups excluding carboxylic acids is 1. The number of halogens is 1. The molecule has 160 valence electrons. The lowest BCUT2D eigenvalue weighted by atomic mass is 10.0. The van der Waals surface area contributed by atoms with E-state index in [0.29, 0.717) is 12.2 Å². The zero-order chi connectivity index (χ0) is 20.9. The Morgan fingerprint density at radius 2 is 2.27 bits per heavy atom. The number of amides is 1. The summed E-state index contributed by atoms with van der Waals surface area (Å²) in [6.45, 7) is 5.33. The fourth-order valence-electron chi connectivity index (χ4n) is 4.13. The molecule has 1 amide bonds. The quantitative estimate of drug-likeness (QED) is 0.598. The Morgan fingerprint density at radius 1 is 1.37 bits per heavy atom. The van der Waals surface area contributed by atoms with Crippen LogP contribution in [0.3, 0.4) is 0 Å². The zero-order valence-electron chi connectivity index (χ0n) is 17.3. The second-order valence-electron chi connectivity index (χ2n) is 7.67. The van der Waals surface area contributed by atoms with Crippen LogP contribution >= 0.6 is 0 Å². The Bertz CT molecular complexity index is 867. The minimum atomic E-state index is -0.222. The number of hydrogen-bond acceptors (Lipinski definition) is 6. The number of nitrogens with zero attached hydrogens (tertiary/aromatic N) is 3. The van der Waals surface area contributed by atoms with Crippen LogP contribution in [0.2, 0.25) is 0 Å². The highest BCUT2D eigenvalue weighted by Crippen LogP contribution is 2.34. The third-order valence-electron chi connectivity index (χ3n) is 5.62. The standard InChI is InChI=1S/C22H29FN6O/c1-2-24-11-5-12-25-22(30)19-15-26-20-9-10-21(27-29(19)20)28-13-4-8-18(28)16-6-3-7-17(23)14-16/h3,6-7,9-10,14-15,18,20,24,26H,2,4-5,8,11-13H2,1H3,(H,25,30). The maximum Gasteiger partial charge on any atom is 0.271 e. The number of hydrogen-bond donors (Lipinski definition) is 3. The molecule has 1 fully saturated rings. The van der Waals surface area contributed by atoms with Crippen LogP contribution in [-0.4, -0.2) is 54.0 Å². The summed E-state index contributed by atoms with van der Waals surface area (Å²) in [5.41, 5.74) is 1.46. The van der Waals surface area contributed by atoms with Gasteiger partial charge >= 0.3 is 0 Å². The lowest BCUT2D eigenvalue weighted by Gasteiger charge is -2.32. The van der Waals surface area contributed by atoms with Gasteiger partial charge in [0.25, 0.3) is 5.91 Å². The topological polar surface area (TPSA) is 72.0 Å². The fourth-order valence-corrected chi connectivity index (χ4v) is 4.13. The first-order valence-electron chi connectivity index (χ1n) is 10.7. The van der Waals surface area contributed by atoms with Crippen molar-refractivity contribution < 1.29 is 9.18 Å². The van der Waals surface area contributed by atoms with Crippen molar-refractivity contribution in [3.8, 4) is 0 Å². The number of nitrogens with one attached hydrogen (secondary N) is 3. The highest BCUT2D eigenvalue weighted by molar-refractivity contribution is 5.97. The summed E-state index contributed by atoms with van der Waals surface area (Å²) in [5, 5.41) is 15.9. The zero-order valence-corrected chi connectivity index (χ0v) is 17.3. The first-order chi connectivity index (χ1) is 14.7. The molecule has 0 radical (unpaired) electrons. The third-order valence-corrected chi connectivity index (χ3v) is 5.62. The van der Waals surface area contributed by atoms with E-state index in [0.717, 1.165) is 50.3 Å². The van der Waals surface area contributed by atoms with Gasteiger partial charge in [-0.25, -0.2) is 9.40 Å². The summed E-state index contributed by atoms with van der Waals surface area (Å²) in [6, 6.07) is 6.87. The van der Waals surface area contributed by atoms with Crippen LogP contribution in [0.15, 0.2) is 53.4 Å². The molecule has 2 atom stereocenters. The van der Waals surface area contributed by atoms with E-state index >= 15 is 0 Å². The minimum Gasteiger partial charge on any atom is -0.365 e. The van der Waals surface area contributed by atoms with Gasteiger partial charge in [0.2, 0.25) is 0 Å². The van der Waals surface area contributed by atoms with E-state index in [-0.39, 0.29) is 23.9 Å². The van der Waals surface area contributed by atoms with E-state index in [2.05, 4.69) is 27.8 Å². The number of amidine groups is 1. The number of carbonyl (C=O) groups is 1. The molecule has 1 aromatic carbocycles. The summed E-state index contributed by atoms with van der Waals surface area (Å²) in [5.74, 6) is 0.441. The van der Waals surface area contributed by atoms with Gasteiger partial charge < -0.3 is 20.9 Å². The van der Waals surface area contributed by atoms with Crippen molar-refractivity contribution in [2.24, 2.45) is 5.10 Å². The van der Waals surface area contributed by atoms with Gasteiger partial charge in [0.15, 0.2) is 0 Å². The maximum absolute atomic E-state index is 13.7. The van der Waals surface area contributed by atoms with Crippen LogP contribution in [0.5, 0.6) is 0 Å². The molecule has 4 rings (SSSR count). The highest BCUT2D eigenvalue weighted by atomic mass is 19.1. The van der Waals surface area contributed by atoms with E-state index in [1.165, 1.54) is 6.07 Å². The molecule has 0 aliphatic carbocycles. The summed E-state index contributed by atoms with van der Waals surface area (Å²) in [4.78, 5) is 14.9. The molecule has 0 bridgehead atoms. The Morgan fingerprint density at radius 3 is 3.10 bits per heavy atom. The smallest absolute Gasteiger partial charge is 0.271 e. The second kappa shape index (κ2) is 9.30. The van der Waals surface area contributed by atoms with Crippen LogP contribution in [-0.2, 0) is 4.79 Å². The van der Waals surface area contributed by atoms with Crippen molar-refractivity contribution in [2.45, 2.75) is 38.4 Å². The first-order valence-corrected chi connectivity index (χ1v) is 10.7. The molecule has 3 heterocycles. The number of rotatable bonds is 7. The fraction of sp³-hybridized carbons (Fsp3) is 0.455. The van der Waals surface area contributed by atoms with E-state index in [1.807, 2.05) is 18.2 Å². The lowest BCUT2D eigenvalue weighted by molar-refractivity contribution is -0.119. The van der Waals surface area contributed by atoms with Crippen LogP contribution < -0.4 is 16.0 Å². The molecular formula is C22H29FN6O. The SMILES string of the molecule is CCNCCCNC(=O)C1=CNC2C=CC(N3CCCC3c3cccc(F)c3)=NN12. The van der Waals surface area contributed by atoms with Crippen LogP contribution in [0, 0.1) is 5.82 Å². The molecule has 3 N–H and O–H groups in total. The van der Waals surface area contributed by atoms with Crippen LogP contribution in [0.4, 0.5) is 4.39 Å². The van der Waals surface area contributed by atoms with Gasteiger partial charge in [-0.1, -0.05) is 19.1 Å². The molecule has 1 aromatic rings. The minimum absolute atomic E-state index is 0.0866. The van der Waals surface area contributed by atoms with Gasteiger partial charge in [-0.15, -0.1) is 0 Å². The summed E-state index contributed by atoms with van der Waals surface area (Å²) >= 11 is 0. The molecule has 0 aromatic heterocycles. The van der Waals surface area contributed by atoms with E-state index < -0.39 is 0 Å². The number of hydrazone groups is 1. The molecule has 1 saturated heterocycles. The van der Waals surface area contributed by atoms with E-state index in [4.69, 9.17) is 5.10 Å². The van der Waals surface area contributed by atoms with Crippen molar-refractivity contribution in [1.29, 1.82) is 0 Å². The average molecular weight is 413 g/mol. The summed E-state index contributed by atoms with van der Waals surface area (Å²) in [7, 11) is 0. The second-order valence-corrected chi connectivity index (χ2v) is 7.67. The van der Waals surface area contributed by atoms with E-state index in [1.54, 1.807) is 23.3 Å². The third kappa shape index (κ3) is 4.33. The first kappa shape index (κ1) is 20.4. The van der Waals surface area contributed by atoms with Crippen molar-refractivity contribution in [3.05, 3.63) is 59.7 Å². The number of benzene rings is 1. The van der Waals surface area contributed by atoms with Crippen molar-refractivity contribution >= 4 is 11.7 Å². The van der Waals surface area contributed by atoms with Gasteiger partial charge in [-0.2, -0.15) is 5.10 Å². The molecule has 0 spiro atoms. The van der Waals surface area contributed by atoms with Gasteiger partial charge in [-0.3, -0.25) is 4.79 Å². The van der Waals surface area contributed by atoms with Gasteiger partial charge in [0.1, 0.15) is 23.5 Å². The summed E-state index contributed by atoms with van der Waals surface area (Å²) < 4.78 is 13.7. The van der Waals surface area contributed by atoms with Gasteiger partial charge in [-0.05, 0) is 62.2 Å². The Balaban J connectivity index is 1.44. The normalized spacial score (nSPS) is 22.5. The monoisotopic (exact) mass is 412 g/mol.